The minimum absolute atomic E-state index is 0.118. The molecule has 3 aromatic rings. The van der Waals surface area contributed by atoms with Crippen LogP contribution in [0, 0.1) is 0 Å². The molecule has 0 fully saturated rings. The van der Waals surface area contributed by atoms with Crippen LogP contribution in [-0.4, -0.2) is 40.8 Å². The molecule has 1 heterocycles. The maximum atomic E-state index is 12.4. The van der Waals surface area contributed by atoms with E-state index in [0.717, 1.165) is 4.90 Å². The fraction of sp³-hybridized carbons (Fsp3) is 0.235. The number of thioether (sulfide) groups is 1. The van der Waals surface area contributed by atoms with E-state index in [1.165, 1.54) is 0 Å². The van der Waals surface area contributed by atoms with Gasteiger partial charge in [0.1, 0.15) is 0 Å². The molecule has 142 valence electrons. The third-order valence-electron chi connectivity index (χ3n) is 3.75. The smallest absolute Gasteiger partial charge is 0.240 e. The number of rotatable bonds is 10. The zero-order valence-electron chi connectivity index (χ0n) is 14.4. The molecule has 3 N–H and O–H groups in total. The second-order valence-corrected chi connectivity index (χ2v) is 8.53. The van der Waals surface area contributed by atoms with Gasteiger partial charge < -0.3 is 0 Å². The van der Waals surface area contributed by atoms with Crippen molar-refractivity contribution in [3.63, 3.8) is 0 Å². The number of hydrazine groups is 1. The normalized spacial score (nSPS) is 12.7. The summed E-state index contributed by atoms with van der Waals surface area (Å²) < 4.78 is 24.8. The Labute approximate surface area is 162 Å². The van der Waals surface area contributed by atoms with Crippen molar-refractivity contribution in [3.8, 4) is 0 Å². The van der Waals surface area contributed by atoms with Crippen LogP contribution in [0.5, 0.6) is 0 Å². The minimum atomic E-state index is -3.63. The Morgan fingerprint density at radius 3 is 2.41 bits per heavy atom. The van der Waals surface area contributed by atoms with E-state index >= 15 is 0 Å². The lowest BCUT2D eigenvalue weighted by atomic mass is 10.2. The molecule has 27 heavy (non-hydrogen) atoms. The maximum Gasteiger partial charge on any atom is 0.253 e. The molecule has 0 amide bonds. The standard InChI is InChI=1S/C17H20N6O2S2/c24-27(25,16-9-5-2-6-10-16)23-18-14(11-12-17-19-21-22-20-17)13-26-15-7-3-1-4-8-15/h1-10,14,18,23H,11-13H2,(H,19,20,21,22). The Hall–Kier alpha value is -2.27. The Morgan fingerprint density at radius 1 is 1.04 bits per heavy atom. The molecule has 1 atom stereocenters. The van der Waals surface area contributed by atoms with Crippen molar-refractivity contribution >= 4 is 21.8 Å². The summed E-state index contributed by atoms with van der Waals surface area (Å²) in [4.78, 5) is 3.82. The minimum Gasteiger partial charge on any atom is -0.240 e. The van der Waals surface area contributed by atoms with E-state index in [2.05, 4.69) is 30.9 Å². The second kappa shape index (κ2) is 9.60. The van der Waals surface area contributed by atoms with Crippen LogP contribution in [0.4, 0.5) is 0 Å². The summed E-state index contributed by atoms with van der Waals surface area (Å²) in [6.45, 7) is 0. The molecule has 8 nitrogen and oxygen atoms in total. The van der Waals surface area contributed by atoms with Gasteiger partial charge in [0.05, 0.1) is 4.90 Å². The molecule has 0 saturated heterocycles. The van der Waals surface area contributed by atoms with Crippen molar-refractivity contribution in [2.24, 2.45) is 0 Å². The van der Waals surface area contributed by atoms with Gasteiger partial charge in [-0.2, -0.15) is 5.21 Å². The van der Waals surface area contributed by atoms with Gasteiger partial charge >= 0.3 is 0 Å². The first-order valence-corrected chi connectivity index (χ1v) is 10.8. The molecule has 2 aromatic carbocycles. The fourth-order valence-corrected chi connectivity index (χ4v) is 4.27. The third kappa shape index (κ3) is 6.14. The quantitative estimate of drug-likeness (QED) is 0.349. The molecule has 0 aliphatic carbocycles. The van der Waals surface area contributed by atoms with Gasteiger partial charge in [0.25, 0.3) is 10.0 Å². The van der Waals surface area contributed by atoms with Crippen LogP contribution in [0.25, 0.3) is 0 Å². The highest BCUT2D eigenvalue weighted by atomic mass is 32.2. The summed E-state index contributed by atoms with van der Waals surface area (Å²) in [6.07, 6.45) is 1.23. The molecule has 0 aliphatic heterocycles. The number of tetrazole rings is 1. The van der Waals surface area contributed by atoms with Crippen LogP contribution in [-0.2, 0) is 16.4 Å². The summed E-state index contributed by atoms with van der Waals surface area (Å²) in [7, 11) is -3.63. The Bertz CT molecular complexity index is 905. The van der Waals surface area contributed by atoms with Gasteiger partial charge in [0.15, 0.2) is 5.82 Å². The first kappa shape index (κ1) is 19.5. The lowest BCUT2D eigenvalue weighted by Gasteiger charge is -2.18. The average Bonchev–Trinajstić information content (AvgIpc) is 3.22. The van der Waals surface area contributed by atoms with Crippen LogP contribution in [0.3, 0.4) is 0 Å². The zero-order valence-corrected chi connectivity index (χ0v) is 16.1. The van der Waals surface area contributed by atoms with Crippen LogP contribution < -0.4 is 10.3 Å². The van der Waals surface area contributed by atoms with Crippen molar-refractivity contribution in [3.05, 3.63) is 66.5 Å². The van der Waals surface area contributed by atoms with Crippen molar-refractivity contribution in [2.45, 2.75) is 28.7 Å². The summed E-state index contributed by atoms with van der Waals surface area (Å²) in [5.41, 5.74) is 2.95. The number of nitrogens with zero attached hydrogens (tertiary/aromatic N) is 3. The lowest BCUT2D eigenvalue weighted by Crippen LogP contribution is -2.45. The van der Waals surface area contributed by atoms with Crippen molar-refractivity contribution < 1.29 is 8.42 Å². The topological polar surface area (TPSA) is 113 Å². The highest BCUT2D eigenvalue weighted by Gasteiger charge is 2.17. The highest BCUT2D eigenvalue weighted by Crippen LogP contribution is 2.19. The van der Waals surface area contributed by atoms with Crippen molar-refractivity contribution in [1.82, 2.24) is 30.9 Å². The first-order chi connectivity index (χ1) is 13.1. The molecule has 0 bridgehead atoms. The molecule has 0 radical (unpaired) electrons. The van der Waals surface area contributed by atoms with Crippen molar-refractivity contribution in [1.29, 1.82) is 0 Å². The zero-order chi connectivity index (χ0) is 19.0. The number of hydrogen-bond acceptors (Lipinski definition) is 7. The third-order valence-corrected chi connectivity index (χ3v) is 6.20. The summed E-state index contributed by atoms with van der Waals surface area (Å²) in [5.74, 6) is 1.27. The SMILES string of the molecule is O=S(=O)(NNC(CCc1nn[nH]n1)CSc1ccccc1)c1ccccc1. The number of nitrogens with one attached hydrogen (secondary N) is 3. The largest absolute Gasteiger partial charge is 0.253 e. The Balaban J connectivity index is 1.61. The summed E-state index contributed by atoms with van der Waals surface area (Å²) >= 11 is 1.65. The van der Waals surface area contributed by atoms with E-state index in [-0.39, 0.29) is 10.9 Å². The predicted molar refractivity (Wildman–Crippen MR) is 103 cm³/mol. The van der Waals surface area contributed by atoms with E-state index in [1.54, 1.807) is 42.1 Å². The molecule has 1 aromatic heterocycles. The number of aromatic nitrogens is 4. The summed E-state index contributed by atoms with van der Waals surface area (Å²) in [5, 5.41) is 13.9. The molecule has 3 rings (SSSR count). The highest BCUT2D eigenvalue weighted by molar-refractivity contribution is 7.99. The summed E-state index contributed by atoms with van der Waals surface area (Å²) in [6, 6.07) is 18.1. The van der Waals surface area contributed by atoms with Gasteiger partial charge in [-0.15, -0.1) is 26.8 Å². The van der Waals surface area contributed by atoms with Crippen LogP contribution in [0.1, 0.15) is 12.2 Å². The number of H-pyrrole nitrogens is 1. The molecule has 1 unspecified atom stereocenters. The molecule has 10 heteroatoms. The van der Waals surface area contributed by atoms with Crippen LogP contribution in [0.2, 0.25) is 0 Å². The Morgan fingerprint density at radius 2 is 1.74 bits per heavy atom. The number of sulfonamides is 1. The molecule has 0 aliphatic rings. The molecular formula is C17H20N6O2S2. The molecule has 0 saturated carbocycles. The van der Waals surface area contributed by atoms with E-state index in [1.807, 2.05) is 30.3 Å². The Kier molecular flexibility index (Phi) is 6.93. The van der Waals surface area contributed by atoms with Gasteiger partial charge in [-0.25, -0.2) is 13.8 Å². The van der Waals surface area contributed by atoms with Gasteiger partial charge in [0, 0.05) is 23.1 Å². The first-order valence-electron chi connectivity index (χ1n) is 8.36. The van der Waals surface area contributed by atoms with Crippen LogP contribution in [0.15, 0.2) is 70.5 Å². The van der Waals surface area contributed by atoms with Gasteiger partial charge in [-0.1, -0.05) is 41.6 Å². The fourth-order valence-electron chi connectivity index (χ4n) is 2.32. The number of benzene rings is 2. The molecular weight excluding hydrogens is 384 g/mol. The number of aromatic amines is 1. The van der Waals surface area contributed by atoms with E-state index < -0.39 is 10.0 Å². The predicted octanol–water partition coefficient (Wildman–Crippen LogP) is 1.78. The second-order valence-electron chi connectivity index (χ2n) is 5.75. The lowest BCUT2D eigenvalue weighted by molar-refractivity contribution is 0.481. The van der Waals surface area contributed by atoms with Gasteiger partial charge in [-0.3, -0.25) is 0 Å². The van der Waals surface area contributed by atoms with Crippen LogP contribution >= 0.6 is 11.8 Å². The number of hydrogen-bond donors (Lipinski definition) is 3. The van der Waals surface area contributed by atoms with E-state index in [9.17, 15) is 8.42 Å². The van der Waals surface area contributed by atoms with Gasteiger partial charge in [-0.05, 0) is 30.7 Å². The monoisotopic (exact) mass is 404 g/mol. The number of aryl methyl sites for hydroxylation is 1. The molecule has 0 spiro atoms. The van der Waals surface area contributed by atoms with Crippen molar-refractivity contribution in [2.75, 3.05) is 5.75 Å². The maximum absolute atomic E-state index is 12.4. The van der Waals surface area contributed by atoms with Gasteiger partial charge in [0.2, 0.25) is 0 Å². The van der Waals surface area contributed by atoms with E-state index in [0.29, 0.717) is 24.4 Å². The average molecular weight is 405 g/mol. The van der Waals surface area contributed by atoms with E-state index in [4.69, 9.17) is 0 Å².